The van der Waals surface area contributed by atoms with E-state index in [-0.39, 0.29) is 25.7 Å². The van der Waals surface area contributed by atoms with Crippen LogP contribution in [0.1, 0.15) is 39.5 Å². The molecule has 0 radical (unpaired) electrons. The predicted octanol–water partition coefficient (Wildman–Crippen LogP) is -0.782. The zero-order valence-corrected chi connectivity index (χ0v) is 20.5. The Morgan fingerprint density at radius 1 is 0.618 bits per heavy atom. The molecular formula is C14H27O17P3. The minimum Gasteiger partial charge on any atom is -0.457 e. The first-order chi connectivity index (χ1) is 15.4. The third kappa shape index (κ3) is 10.5. The summed E-state index contributed by atoms with van der Waals surface area (Å²) in [5, 5.41) is 10.7. The topological polar surface area (TPSA) is 273 Å². The second-order valence-corrected chi connectivity index (χ2v) is 10.7. The Kier molecular flexibility index (Phi) is 11.5. The molecule has 2 unspecified atom stereocenters. The fourth-order valence-corrected chi connectivity index (χ4v) is 4.75. The maximum absolute atomic E-state index is 12.1. The van der Waals surface area contributed by atoms with Gasteiger partial charge in [-0.3, -0.25) is 23.2 Å². The van der Waals surface area contributed by atoms with Crippen molar-refractivity contribution < 1.29 is 80.8 Å². The van der Waals surface area contributed by atoms with Gasteiger partial charge in [-0.25, -0.2) is 13.7 Å². The molecule has 0 saturated heterocycles. The highest BCUT2D eigenvalue weighted by molar-refractivity contribution is 7.47. The molecule has 34 heavy (non-hydrogen) atoms. The van der Waals surface area contributed by atoms with Gasteiger partial charge in [0.1, 0.15) is 24.4 Å². The van der Waals surface area contributed by atoms with Crippen LogP contribution in [0, 0.1) is 0 Å². The molecule has 17 nitrogen and oxygen atoms in total. The summed E-state index contributed by atoms with van der Waals surface area (Å²) in [6.45, 7) is 3.11. The number of hydrogen-bond donors (Lipinski definition) is 7. The van der Waals surface area contributed by atoms with Gasteiger partial charge in [0.2, 0.25) is 0 Å². The molecule has 1 saturated carbocycles. The Labute approximate surface area is 193 Å². The number of aliphatic hydroxyl groups excluding tert-OH is 1. The van der Waals surface area contributed by atoms with Crippen LogP contribution < -0.4 is 0 Å². The molecule has 0 bridgehead atoms. The van der Waals surface area contributed by atoms with Gasteiger partial charge in [0.25, 0.3) is 0 Å². The first-order valence-electron chi connectivity index (χ1n) is 9.67. The molecule has 200 valence electrons. The van der Waals surface area contributed by atoms with Crippen LogP contribution in [-0.2, 0) is 46.3 Å². The fraction of sp³-hybridized carbons (Fsp3) is 0.857. The van der Waals surface area contributed by atoms with E-state index in [1.165, 1.54) is 0 Å². The summed E-state index contributed by atoms with van der Waals surface area (Å²) in [6.07, 6.45) is -14.3. The monoisotopic (exact) mass is 560 g/mol. The standard InChI is InChI=1S/C14H27O17P3/c1-3-5-7(15)27-10-9(17)11(28-8(16)6-4-2)13(30-33(21,22)23)14(31-34(24,25)26)12(10)29-32(18,19)20/h9-14,17H,3-6H2,1-2H3,(H2,18,19,20)(H2,21,22,23)(H2,24,25,26)/t9?,10-,11-,12-,13+,14?/m1/s1. The van der Waals surface area contributed by atoms with Gasteiger partial charge in [-0.2, -0.15) is 0 Å². The molecule has 1 aliphatic rings. The number of rotatable bonds is 12. The van der Waals surface area contributed by atoms with Gasteiger partial charge >= 0.3 is 35.4 Å². The van der Waals surface area contributed by atoms with E-state index in [2.05, 4.69) is 13.6 Å². The second-order valence-electron chi connectivity index (χ2n) is 7.08. The molecule has 1 rings (SSSR count). The molecule has 7 N–H and O–H groups in total. The van der Waals surface area contributed by atoms with Crippen LogP contribution in [0.3, 0.4) is 0 Å². The van der Waals surface area contributed by atoms with Crippen molar-refractivity contribution in [1.29, 1.82) is 0 Å². The SMILES string of the molecule is CCCC(=O)O[C@@H]1C(O)[C@@H](OC(=O)CCC)[C@@H](OP(=O)(O)O)C(OP(=O)(O)O)[C@H]1OP(=O)(O)O. The van der Waals surface area contributed by atoms with Crippen molar-refractivity contribution >= 4 is 35.4 Å². The first-order valence-corrected chi connectivity index (χ1v) is 14.3. The largest absolute Gasteiger partial charge is 0.470 e. The van der Waals surface area contributed by atoms with Gasteiger partial charge in [0, 0.05) is 12.8 Å². The third-order valence-electron chi connectivity index (χ3n) is 4.19. The molecule has 6 atom stereocenters. The van der Waals surface area contributed by atoms with Crippen LogP contribution >= 0.6 is 23.5 Å². The third-order valence-corrected chi connectivity index (χ3v) is 5.74. The highest BCUT2D eigenvalue weighted by Gasteiger charge is 2.60. The Balaban J connectivity index is 3.67. The van der Waals surface area contributed by atoms with Crippen LogP contribution in [-0.4, -0.2) is 83.0 Å². The zero-order valence-electron chi connectivity index (χ0n) is 17.8. The van der Waals surface area contributed by atoms with Crippen molar-refractivity contribution in [3.63, 3.8) is 0 Å². The van der Waals surface area contributed by atoms with E-state index in [1.54, 1.807) is 13.8 Å². The molecule has 0 spiro atoms. The van der Waals surface area contributed by atoms with E-state index >= 15 is 0 Å². The minimum atomic E-state index is -5.63. The summed E-state index contributed by atoms with van der Waals surface area (Å²) in [7, 11) is -16.8. The molecule has 0 heterocycles. The molecule has 1 aliphatic carbocycles. The van der Waals surface area contributed by atoms with Gasteiger partial charge in [0.15, 0.2) is 12.2 Å². The molecule has 20 heteroatoms. The highest BCUT2D eigenvalue weighted by Crippen LogP contribution is 2.51. The Bertz CT molecular complexity index is 788. The van der Waals surface area contributed by atoms with Gasteiger partial charge in [-0.1, -0.05) is 13.8 Å². The van der Waals surface area contributed by atoms with Crippen molar-refractivity contribution in [2.24, 2.45) is 0 Å². The van der Waals surface area contributed by atoms with E-state index in [0.29, 0.717) is 0 Å². The number of carbonyl (C=O) groups is 2. The zero-order chi connectivity index (χ0) is 26.5. The van der Waals surface area contributed by atoms with E-state index in [9.17, 15) is 57.8 Å². The van der Waals surface area contributed by atoms with Crippen molar-refractivity contribution in [3.05, 3.63) is 0 Å². The normalized spacial score (nSPS) is 28.4. The highest BCUT2D eigenvalue weighted by atomic mass is 31.2. The first kappa shape index (κ1) is 31.3. The molecule has 0 aliphatic heterocycles. The number of phosphoric ester groups is 3. The smallest absolute Gasteiger partial charge is 0.457 e. The van der Waals surface area contributed by atoms with Gasteiger partial charge < -0.3 is 43.9 Å². The quantitative estimate of drug-likeness (QED) is 0.114. The molecule has 1 fully saturated rings. The van der Waals surface area contributed by atoms with Crippen LogP contribution in [0.25, 0.3) is 0 Å². The van der Waals surface area contributed by atoms with Crippen molar-refractivity contribution in [3.8, 4) is 0 Å². The number of aliphatic hydroxyl groups is 1. The molecule has 0 amide bonds. The van der Waals surface area contributed by atoms with E-state index in [4.69, 9.17) is 9.47 Å². The summed E-state index contributed by atoms with van der Waals surface area (Å²) < 4.78 is 57.8. The van der Waals surface area contributed by atoms with Crippen molar-refractivity contribution in [1.82, 2.24) is 0 Å². The van der Waals surface area contributed by atoms with Gasteiger partial charge in [-0.15, -0.1) is 0 Å². The minimum absolute atomic E-state index is 0.215. The average molecular weight is 560 g/mol. The lowest BCUT2D eigenvalue weighted by molar-refractivity contribution is -0.233. The lowest BCUT2D eigenvalue weighted by Crippen LogP contribution is -2.67. The van der Waals surface area contributed by atoms with E-state index < -0.39 is 72.0 Å². The molecule has 0 aromatic carbocycles. The Hall–Kier alpha value is -0.770. The van der Waals surface area contributed by atoms with Crippen LogP contribution in [0.15, 0.2) is 0 Å². The summed E-state index contributed by atoms with van der Waals surface area (Å²) in [6, 6.07) is 0. The summed E-state index contributed by atoms with van der Waals surface area (Å²) in [5.74, 6) is -2.12. The summed E-state index contributed by atoms with van der Waals surface area (Å²) >= 11 is 0. The predicted molar refractivity (Wildman–Crippen MR) is 106 cm³/mol. The molecule has 0 aromatic rings. The average Bonchev–Trinajstić information content (AvgIpc) is 2.62. The number of carbonyl (C=O) groups excluding carboxylic acids is 2. The fourth-order valence-electron chi connectivity index (χ4n) is 3.08. The maximum Gasteiger partial charge on any atom is 0.470 e. The molecule has 0 aromatic heterocycles. The van der Waals surface area contributed by atoms with E-state index in [0.717, 1.165) is 0 Å². The van der Waals surface area contributed by atoms with Gasteiger partial charge in [-0.05, 0) is 12.8 Å². The van der Waals surface area contributed by atoms with Crippen molar-refractivity contribution in [2.75, 3.05) is 0 Å². The summed E-state index contributed by atoms with van der Waals surface area (Å²) in [5.41, 5.74) is 0. The van der Waals surface area contributed by atoms with Crippen LogP contribution in [0.4, 0.5) is 0 Å². The van der Waals surface area contributed by atoms with Crippen LogP contribution in [0.2, 0.25) is 0 Å². The van der Waals surface area contributed by atoms with Gasteiger partial charge in [0.05, 0.1) is 0 Å². The lowest BCUT2D eigenvalue weighted by atomic mass is 9.84. The lowest BCUT2D eigenvalue weighted by Gasteiger charge is -2.46. The van der Waals surface area contributed by atoms with E-state index in [1.807, 2.05) is 0 Å². The number of ether oxygens (including phenoxy) is 2. The Morgan fingerprint density at radius 2 is 0.882 bits per heavy atom. The van der Waals surface area contributed by atoms with Crippen LogP contribution in [0.5, 0.6) is 0 Å². The number of hydrogen-bond acceptors (Lipinski definition) is 11. The molecular weight excluding hydrogens is 533 g/mol. The number of esters is 2. The summed E-state index contributed by atoms with van der Waals surface area (Å²) in [4.78, 5) is 79.8. The Morgan fingerprint density at radius 3 is 1.12 bits per heavy atom. The van der Waals surface area contributed by atoms with Crippen molar-refractivity contribution in [2.45, 2.75) is 76.2 Å². The number of phosphoric acid groups is 3. The second kappa shape index (κ2) is 12.5. The maximum atomic E-state index is 12.1.